The number of nitrogens with zero attached hydrogens (tertiary/aromatic N) is 2. The second-order valence-electron chi connectivity index (χ2n) is 3.80. The van der Waals surface area contributed by atoms with Gasteiger partial charge in [0, 0.05) is 6.20 Å². The van der Waals surface area contributed by atoms with Gasteiger partial charge in [0.1, 0.15) is 0 Å². The van der Waals surface area contributed by atoms with Crippen molar-refractivity contribution in [1.29, 1.82) is 0 Å². The first-order chi connectivity index (χ1) is 9.22. The number of nitrogens with two attached hydrogens (primary N) is 1. The maximum atomic E-state index is 10.5. The van der Waals surface area contributed by atoms with Crippen LogP contribution in [0.3, 0.4) is 0 Å². The Morgan fingerprint density at radius 3 is 2.63 bits per heavy atom. The summed E-state index contributed by atoms with van der Waals surface area (Å²) in [5.41, 5.74) is 9.95. The van der Waals surface area contributed by atoms with Crippen LogP contribution in [0.25, 0.3) is 17.5 Å². The SMILES string of the molecule is C=Cn1c(C=NNC(N)=O)ccc1-c1ccccc1. The molecule has 3 N–H and O–H groups in total. The van der Waals surface area contributed by atoms with Gasteiger partial charge in [0.15, 0.2) is 0 Å². The van der Waals surface area contributed by atoms with E-state index in [9.17, 15) is 4.79 Å². The lowest BCUT2D eigenvalue weighted by molar-refractivity contribution is 0.249. The number of primary amides is 1. The largest absolute Gasteiger partial charge is 0.350 e. The minimum atomic E-state index is -0.698. The number of hydrogen-bond acceptors (Lipinski definition) is 2. The first-order valence-corrected chi connectivity index (χ1v) is 5.70. The number of nitrogens with one attached hydrogen (secondary N) is 1. The number of rotatable bonds is 4. The smallest absolute Gasteiger partial charge is 0.332 e. The van der Waals surface area contributed by atoms with E-state index in [0.29, 0.717) is 0 Å². The molecular formula is C14H14N4O. The molecule has 0 atom stereocenters. The van der Waals surface area contributed by atoms with Crippen molar-refractivity contribution in [2.75, 3.05) is 0 Å². The van der Waals surface area contributed by atoms with E-state index < -0.39 is 6.03 Å². The third-order valence-corrected chi connectivity index (χ3v) is 2.57. The van der Waals surface area contributed by atoms with Crippen LogP contribution in [0.15, 0.2) is 54.1 Å². The fraction of sp³-hybridized carbons (Fsp3) is 0. The third-order valence-electron chi connectivity index (χ3n) is 2.57. The molecule has 0 saturated heterocycles. The number of hydrazone groups is 1. The Kier molecular flexibility index (Phi) is 3.78. The van der Waals surface area contributed by atoms with Gasteiger partial charge in [0.2, 0.25) is 0 Å². The van der Waals surface area contributed by atoms with Gasteiger partial charge in [0.05, 0.1) is 17.6 Å². The summed E-state index contributed by atoms with van der Waals surface area (Å²) in [4.78, 5) is 10.5. The number of urea groups is 1. The fourth-order valence-corrected chi connectivity index (χ4v) is 1.78. The standard InChI is InChI=1S/C14H14N4O/c1-2-18-12(10-16-17-14(15)19)8-9-13(18)11-6-4-3-5-7-11/h2-10H,1H2,(H3,15,17,19). The predicted octanol–water partition coefficient (Wildman–Crippen LogP) is 2.26. The second-order valence-corrected chi connectivity index (χ2v) is 3.80. The molecule has 2 aromatic rings. The summed E-state index contributed by atoms with van der Waals surface area (Å²) in [6, 6.07) is 13.1. The van der Waals surface area contributed by atoms with Crippen molar-refractivity contribution in [1.82, 2.24) is 9.99 Å². The van der Waals surface area contributed by atoms with Gasteiger partial charge in [0.25, 0.3) is 0 Å². The Morgan fingerprint density at radius 2 is 2.00 bits per heavy atom. The number of hydrogen-bond donors (Lipinski definition) is 2. The van der Waals surface area contributed by atoms with Crippen molar-refractivity contribution in [3.8, 4) is 11.3 Å². The number of carbonyl (C=O) groups excluding carboxylic acids is 1. The Labute approximate surface area is 111 Å². The summed E-state index contributed by atoms with van der Waals surface area (Å²) in [5.74, 6) is 0. The fourth-order valence-electron chi connectivity index (χ4n) is 1.78. The van der Waals surface area contributed by atoms with E-state index in [1.54, 1.807) is 6.20 Å². The molecule has 0 spiro atoms. The van der Waals surface area contributed by atoms with Gasteiger partial charge < -0.3 is 10.3 Å². The summed E-state index contributed by atoms with van der Waals surface area (Å²) >= 11 is 0. The topological polar surface area (TPSA) is 72.4 Å². The minimum absolute atomic E-state index is 0.698. The minimum Gasteiger partial charge on any atom is -0.350 e. The lowest BCUT2D eigenvalue weighted by Gasteiger charge is -2.05. The van der Waals surface area contributed by atoms with E-state index >= 15 is 0 Å². The molecule has 0 unspecified atom stereocenters. The Balaban J connectivity index is 2.33. The van der Waals surface area contributed by atoms with Crippen LogP contribution in [-0.4, -0.2) is 16.8 Å². The number of amides is 2. The average Bonchev–Trinajstić information content (AvgIpc) is 2.82. The Bertz CT molecular complexity index is 614. The quantitative estimate of drug-likeness (QED) is 0.637. The van der Waals surface area contributed by atoms with Crippen molar-refractivity contribution >= 4 is 18.4 Å². The van der Waals surface area contributed by atoms with Crippen LogP contribution in [0.5, 0.6) is 0 Å². The molecule has 5 nitrogen and oxygen atoms in total. The van der Waals surface area contributed by atoms with Crippen molar-refractivity contribution in [2.45, 2.75) is 0 Å². The lowest BCUT2D eigenvalue weighted by Crippen LogP contribution is -2.24. The highest BCUT2D eigenvalue weighted by Gasteiger charge is 2.05. The summed E-state index contributed by atoms with van der Waals surface area (Å²) in [5, 5.41) is 3.74. The molecule has 0 fully saturated rings. The zero-order chi connectivity index (χ0) is 13.7. The molecule has 1 aromatic carbocycles. The molecule has 1 heterocycles. The molecular weight excluding hydrogens is 240 g/mol. The predicted molar refractivity (Wildman–Crippen MR) is 76.6 cm³/mol. The van der Waals surface area contributed by atoms with Gasteiger partial charge in [-0.1, -0.05) is 36.9 Å². The van der Waals surface area contributed by atoms with Crippen LogP contribution >= 0.6 is 0 Å². The van der Waals surface area contributed by atoms with E-state index in [1.165, 1.54) is 6.21 Å². The molecule has 0 aliphatic rings. The third kappa shape index (κ3) is 2.90. The van der Waals surface area contributed by atoms with Crippen molar-refractivity contribution in [2.24, 2.45) is 10.8 Å². The van der Waals surface area contributed by atoms with Crippen LogP contribution < -0.4 is 11.2 Å². The molecule has 0 bridgehead atoms. The molecule has 0 aliphatic carbocycles. The molecule has 2 rings (SSSR count). The number of benzene rings is 1. The molecule has 0 saturated carbocycles. The van der Waals surface area contributed by atoms with E-state index in [0.717, 1.165) is 17.0 Å². The lowest BCUT2D eigenvalue weighted by atomic mass is 10.1. The van der Waals surface area contributed by atoms with Gasteiger partial charge in [-0.15, -0.1) is 0 Å². The van der Waals surface area contributed by atoms with Crippen molar-refractivity contribution in [3.05, 3.63) is 54.7 Å². The summed E-state index contributed by atoms with van der Waals surface area (Å²) in [7, 11) is 0. The van der Waals surface area contributed by atoms with Gasteiger partial charge in [-0.2, -0.15) is 5.10 Å². The summed E-state index contributed by atoms with van der Waals surface area (Å²) < 4.78 is 1.88. The summed E-state index contributed by atoms with van der Waals surface area (Å²) in [6.07, 6.45) is 3.20. The van der Waals surface area contributed by atoms with E-state index in [2.05, 4.69) is 17.1 Å². The van der Waals surface area contributed by atoms with Crippen LogP contribution in [0.1, 0.15) is 5.69 Å². The van der Waals surface area contributed by atoms with Crippen LogP contribution in [0, 0.1) is 0 Å². The second kappa shape index (κ2) is 5.68. The van der Waals surface area contributed by atoms with E-state index in [4.69, 9.17) is 5.73 Å². The molecule has 1 aromatic heterocycles. The number of aromatic nitrogens is 1. The van der Waals surface area contributed by atoms with Crippen molar-refractivity contribution in [3.63, 3.8) is 0 Å². The maximum absolute atomic E-state index is 10.5. The zero-order valence-electron chi connectivity index (χ0n) is 10.3. The maximum Gasteiger partial charge on any atom is 0.332 e. The first kappa shape index (κ1) is 12.6. The zero-order valence-corrected chi connectivity index (χ0v) is 10.3. The van der Waals surface area contributed by atoms with E-state index in [-0.39, 0.29) is 0 Å². The first-order valence-electron chi connectivity index (χ1n) is 5.70. The number of carbonyl (C=O) groups is 1. The van der Waals surface area contributed by atoms with Gasteiger partial charge in [-0.05, 0) is 17.7 Å². The monoisotopic (exact) mass is 254 g/mol. The Morgan fingerprint density at radius 1 is 1.26 bits per heavy atom. The van der Waals surface area contributed by atoms with Gasteiger partial charge in [-0.3, -0.25) is 0 Å². The van der Waals surface area contributed by atoms with Gasteiger partial charge in [-0.25, -0.2) is 10.2 Å². The molecule has 0 aliphatic heterocycles. The Hall–Kier alpha value is -2.82. The van der Waals surface area contributed by atoms with E-state index in [1.807, 2.05) is 47.0 Å². The van der Waals surface area contributed by atoms with Crippen molar-refractivity contribution < 1.29 is 4.79 Å². The molecule has 19 heavy (non-hydrogen) atoms. The average molecular weight is 254 g/mol. The van der Waals surface area contributed by atoms with Crippen LogP contribution in [-0.2, 0) is 0 Å². The van der Waals surface area contributed by atoms with Crippen LogP contribution in [0.4, 0.5) is 4.79 Å². The normalized spacial score (nSPS) is 10.5. The summed E-state index contributed by atoms with van der Waals surface area (Å²) in [6.45, 7) is 3.78. The molecule has 2 amide bonds. The van der Waals surface area contributed by atoms with Gasteiger partial charge >= 0.3 is 6.03 Å². The van der Waals surface area contributed by atoms with Crippen LogP contribution in [0.2, 0.25) is 0 Å². The molecule has 5 heteroatoms. The molecule has 0 radical (unpaired) electrons. The molecule has 96 valence electrons. The highest BCUT2D eigenvalue weighted by Crippen LogP contribution is 2.21. The highest BCUT2D eigenvalue weighted by molar-refractivity contribution is 5.83. The highest BCUT2D eigenvalue weighted by atomic mass is 16.2.